The van der Waals surface area contributed by atoms with Gasteiger partial charge in [0.2, 0.25) is 5.91 Å². The molecule has 1 heterocycles. The number of nitrogens with one attached hydrogen (secondary N) is 1. The lowest BCUT2D eigenvalue weighted by molar-refractivity contribution is -0.146. The third kappa shape index (κ3) is 2.61. The van der Waals surface area contributed by atoms with E-state index in [4.69, 9.17) is 5.11 Å². The number of carbonyl (C=O) groups is 2. The van der Waals surface area contributed by atoms with Gasteiger partial charge < -0.3 is 10.4 Å². The minimum absolute atomic E-state index is 0.117. The number of nitrogens with zero attached hydrogens (tertiary/aromatic N) is 3. The van der Waals surface area contributed by atoms with E-state index in [0.29, 0.717) is 25.1 Å². The van der Waals surface area contributed by atoms with Crippen LogP contribution in [0, 0.1) is 5.92 Å². The standard InChI is InChI=1S/C10H14N4O3/c1-6(15)11-4-8-5-14(13-12-8)9-2-7(3-9)10(16)17/h5,7,9H,2-4H2,1H3,(H,11,15)(H,16,17). The molecule has 1 amide bonds. The van der Waals surface area contributed by atoms with Gasteiger partial charge in [0.15, 0.2) is 0 Å². The van der Waals surface area contributed by atoms with Crippen LogP contribution in [-0.2, 0) is 16.1 Å². The van der Waals surface area contributed by atoms with Crippen molar-refractivity contribution in [1.29, 1.82) is 0 Å². The summed E-state index contributed by atoms with van der Waals surface area (Å²) in [6.45, 7) is 1.79. The van der Waals surface area contributed by atoms with Crippen molar-refractivity contribution in [3.05, 3.63) is 11.9 Å². The summed E-state index contributed by atoms with van der Waals surface area (Å²) in [6, 6.07) is 0.120. The zero-order chi connectivity index (χ0) is 12.4. The number of amides is 1. The van der Waals surface area contributed by atoms with Gasteiger partial charge in [0.1, 0.15) is 5.69 Å². The molecule has 7 nitrogen and oxygen atoms in total. The Labute approximate surface area is 97.8 Å². The monoisotopic (exact) mass is 238 g/mol. The molecule has 0 aliphatic heterocycles. The van der Waals surface area contributed by atoms with Gasteiger partial charge in [0.25, 0.3) is 0 Å². The highest BCUT2D eigenvalue weighted by Crippen LogP contribution is 2.37. The smallest absolute Gasteiger partial charge is 0.306 e. The van der Waals surface area contributed by atoms with E-state index >= 15 is 0 Å². The van der Waals surface area contributed by atoms with Crippen LogP contribution in [0.25, 0.3) is 0 Å². The van der Waals surface area contributed by atoms with Crippen molar-refractivity contribution in [2.45, 2.75) is 32.4 Å². The van der Waals surface area contributed by atoms with Crippen LogP contribution >= 0.6 is 0 Å². The summed E-state index contributed by atoms with van der Waals surface area (Å²) in [5, 5.41) is 19.2. The van der Waals surface area contributed by atoms with Crippen molar-refractivity contribution < 1.29 is 14.7 Å². The van der Waals surface area contributed by atoms with E-state index in [1.165, 1.54) is 6.92 Å². The molecule has 2 rings (SSSR count). The summed E-state index contributed by atoms with van der Waals surface area (Å²) >= 11 is 0. The van der Waals surface area contributed by atoms with Crippen LogP contribution in [0.2, 0.25) is 0 Å². The Kier molecular flexibility index (Phi) is 3.08. The largest absolute Gasteiger partial charge is 0.481 e. The SMILES string of the molecule is CC(=O)NCc1cn(C2CC(C(=O)O)C2)nn1. The normalized spacial score (nSPS) is 22.9. The van der Waals surface area contributed by atoms with Crippen molar-refractivity contribution >= 4 is 11.9 Å². The van der Waals surface area contributed by atoms with Gasteiger partial charge in [-0.25, -0.2) is 4.68 Å². The molecule has 92 valence electrons. The fraction of sp³-hybridized carbons (Fsp3) is 0.600. The number of hydrogen-bond donors (Lipinski definition) is 2. The maximum absolute atomic E-state index is 10.7. The van der Waals surface area contributed by atoms with Crippen LogP contribution in [-0.4, -0.2) is 32.0 Å². The zero-order valence-corrected chi connectivity index (χ0v) is 9.46. The predicted molar refractivity (Wildman–Crippen MR) is 56.9 cm³/mol. The summed E-state index contributed by atoms with van der Waals surface area (Å²) in [7, 11) is 0. The summed E-state index contributed by atoms with van der Waals surface area (Å²) in [5.74, 6) is -1.13. The first-order chi connectivity index (χ1) is 8.06. The van der Waals surface area contributed by atoms with Crippen molar-refractivity contribution in [3.63, 3.8) is 0 Å². The molecule has 0 atom stereocenters. The number of rotatable bonds is 4. The van der Waals surface area contributed by atoms with Crippen molar-refractivity contribution in [2.75, 3.05) is 0 Å². The number of aromatic nitrogens is 3. The molecule has 7 heteroatoms. The Morgan fingerprint density at radius 1 is 1.59 bits per heavy atom. The van der Waals surface area contributed by atoms with Gasteiger partial charge in [-0.2, -0.15) is 0 Å². The van der Waals surface area contributed by atoms with E-state index < -0.39 is 5.97 Å². The maximum Gasteiger partial charge on any atom is 0.306 e. The third-order valence-corrected chi connectivity index (χ3v) is 2.91. The van der Waals surface area contributed by atoms with Gasteiger partial charge in [-0.15, -0.1) is 5.10 Å². The zero-order valence-electron chi connectivity index (χ0n) is 9.46. The predicted octanol–water partition coefficient (Wildman–Crippen LogP) is -0.0501. The molecule has 1 fully saturated rings. The van der Waals surface area contributed by atoms with E-state index in [-0.39, 0.29) is 17.9 Å². The second-order valence-corrected chi connectivity index (χ2v) is 4.26. The second-order valence-electron chi connectivity index (χ2n) is 4.26. The maximum atomic E-state index is 10.7. The minimum Gasteiger partial charge on any atom is -0.481 e. The molecule has 0 bridgehead atoms. The first-order valence-electron chi connectivity index (χ1n) is 5.44. The highest BCUT2D eigenvalue weighted by molar-refractivity contribution is 5.72. The van der Waals surface area contributed by atoms with Crippen molar-refractivity contribution in [3.8, 4) is 0 Å². The first kappa shape index (κ1) is 11.6. The Balaban J connectivity index is 1.87. The molecule has 1 aromatic heterocycles. The number of carboxylic acids is 1. The lowest BCUT2D eigenvalue weighted by Gasteiger charge is -2.31. The van der Waals surface area contributed by atoms with Gasteiger partial charge in [0.05, 0.1) is 24.7 Å². The Morgan fingerprint density at radius 2 is 2.29 bits per heavy atom. The number of aliphatic carboxylic acids is 1. The van der Waals surface area contributed by atoms with Crippen LogP contribution in [0.1, 0.15) is 31.5 Å². The summed E-state index contributed by atoms with van der Waals surface area (Å²) in [6.07, 6.45) is 2.94. The molecule has 1 aliphatic carbocycles. The molecule has 1 aromatic rings. The average Bonchev–Trinajstić information content (AvgIpc) is 2.60. The molecular weight excluding hydrogens is 224 g/mol. The van der Waals surface area contributed by atoms with Crippen molar-refractivity contribution in [1.82, 2.24) is 20.3 Å². The minimum atomic E-state index is -0.750. The molecule has 1 aliphatic rings. The number of carboxylic acid groups (broad SMARTS) is 1. The highest BCUT2D eigenvalue weighted by Gasteiger charge is 2.36. The van der Waals surface area contributed by atoms with E-state index in [2.05, 4.69) is 15.6 Å². The van der Waals surface area contributed by atoms with Gasteiger partial charge >= 0.3 is 5.97 Å². The quantitative estimate of drug-likeness (QED) is 0.766. The second kappa shape index (κ2) is 4.52. The Bertz CT molecular complexity index is 437. The molecule has 0 spiro atoms. The lowest BCUT2D eigenvalue weighted by atomic mass is 9.80. The van der Waals surface area contributed by atoms with Crippen molar-refractivity contribution in [2.24, 2.45) is 5.92 Å². The molecule has 0 saturated heterocycles. The van der Waals surface area contributed by atoms with E-state index in [9.17, 15) is 9.59 Å². The molecule has 0 aromatic carbocycles. The molecule has 0 radical (unpaired) electrons. The van der Waals surface area contributed by atoms with Crippen LogP contribution < -0.4 is 5.32 Å². The molecule has 17 heavy (non-hydrogen) atoms. The fourth-order valence-corrected chi connectivity index (χ4v) is 1.79. The van der Waals surface area contributed by atoms with Crippen LogP contribution in [0.5, 0.6) is 0 Å². The van der Waals surface area contributed by atoms with E-state index in [0.717, 1.165) is 0 Å². The Morgan fingerprint density at radius 3 is 2.88 bits per heavy atom. The van der Waals surface area contributed by atoms with Gasteiger partial charge in [-0.1, -0.05) is 5.21 Å². The van der Waals surface area contributed by atoms with Crippen LogP contribution in [0.4, 0.5) is 0 Å². The molecule has 2 N–H and O–H groups in total. The molecular formula is C10H14N4O3. The van der Waals surface area contributed by atoms with Gasteiger partial charge in [-0.3, -0.25) is 9.59 Å². The highest BCUT2D eigenvalue weighted by atomic mass is 16.4. The van der Waals surface area contributed by atoms with Gasteiger partial charge in [-0.05, 0) is 12.8 Å². The third-order valence-electron chi connectivity index (χ3n) is 2.91. The Hall–Kier alpha value is -1.92. The van der Waals surface area contributed by atoms with Crippen LogP contribution in [0.3, 0.4) is 0 Å². The topological polar surface area (TPSA) is 97.1 Å². The van der Waals surface area contributed by atoms with E-state index in [1.807, 2.05) is 0 Å². The first-order valence-corrected chi connectivity index (χ1v) is 5.44. The molecule has 1 saturated carbocycles. The molecule has 0 unspecified atom stereocenters. The fourth-order valence-electron chi connectivity index (χ4n) is 1.79. The lowest BCUT2D eigenvalue weighted by Crippen LogP contribution is -2.32. The summed E-state index contributed by atoms with van der Waals surface area (Å²) < 4.78 is 1.68. The summed E-state index contributed by atoms with van der Waals surface area (Å²) in [5.41, 5.74) is 0.680. The number of carbonyl (C=O) groups excluding carboxylic acids is 1. The number of hydrogen-bond acceptors (Lipinski definition) is 4. The van der Waals surface area contributed by atoms with E-state index in [1.54, 1.807) is 10.9 Å². The van der Waals surface area contributed by atoms with Gasteiger partial charge in [0, 0.05) is 6.92 Å². The average molecular weight is 238 g/mol. The summed E-state index contributed by atoms with van der Waals surface area (Å²) in [4.78, 5) is 21.4. The van der Waals surface area contributed by atoms with Crippen LogP contribution in [0.15, 0.2) is 6.20 Å².